The van der Waals surface area contributed by atoms with Crippen molar-refractivity contribution in [2.24, 2.45) is 11.3 Å². The van der Waals surface area contributed by atoms with E-state index in [0.29, 0.717) is 11.2 Å². The average Bonchev–Trinajstić information content (AvgIpc) is 2.22. The molecule has 0 N–H and O–H groups in total. The lowest BCUT2D eigenvalue weighted by Gasteiger charge is -2.35. The molecule has 2 aliphatic carbocycles. The zero-order chi connectivity index (χ0) is 7.90. The fourth-order valence-electron chi connectivity index (χ4n) is 2.85. The molecule has 0 aromatic carbocycles. The molecule has 0 aliphatic heterocycles. The molecule has 2 aliphatic rings. The number of hydrogen-bond acceptors (Lipinski definition) is 1. The van der Waals surface area contributed by atoms with Gasteiger partial charge in [-0.05, 0) is 24.2 Å². The molecule has 1 nitrogen and oxygen atoms in total. The number of hydrogen-bond donors (Lipinski definition) is 0. The fraction of sp³-hybridized carbons (Fsp3) is 0.900. The summed E-state index contributed by atoms with van der Waals surface area (Å²) in [6.45, 7) is 2.31. The first-order valence-electron chi connectivity index (χ1n) is 4.72. The van der Waals surface area contributed by atoms with Crippen molar-refractivity contribution in [2.75, 3.05) is 0 Å². The Bertz CT molecular complexity index is 185. The third kappa shape index (κ3) is 1.11. The van der Waals surface area contributed by atoms with Crippen LogP contribution >= 0.6 is 0 Å². The predicted molar refractivity (Wildman–Crippen MR) is 44.3 cm³/mol. The van der Waals surface area contributed by atoms with Crippen molar-refractivity contribution in [3.8, 4) is 0 Å². The Morgan fingerprint density at radius 1 is 1.45 bits per heavy atom. The molecule has 0 bridgehead atoms. The van der Waals surface area contributed by atoms with Gasteiger partial charge in [-0.25, -0.2) is 0 Å². The Balaban J connectivity index is 2.17. The van der Waals surface area contributed by atoms with E-state index in [9.17, 15) is 4.79 Å². The molecule has 2 saturated carbocycles. The highest BCUT2D eigenvalue weighted by molar-refractivity contribution is 5.82. The van der Waals surface area contributed by atoms with E-state index in [-0.39, 0.29) is 0 Å². The fourth-order valence-corrected chi connectivity index (χ4v) is 2.85. The van der Waals surface area contributed by atoms with Crippen LogP contribution in [-0.2, 0) is 4.79 Å². The lowest BCUT2D eigenvalue weighted by atomic mass is 9.70. The van der Waals surface area contributed by atoms with Crippen LogP contribution in [0, 0.1) is 11.3 Å². The summed E-state index contributed by atoms with van der Waals surface area (Å²) in [5.41, 5.74) is 0.412. The highest BCUT2D eigenvalue weighted by atomic mass is 16.1. The van der Waals surface area contributed by atoms with E-state index in [1.54, 1.807) is 0 Å². The van der Waals surface area contributed by atoms with E-state index in [1.807, 2.05) is 0 Å². The van der Waals surface area contributed by atoms with Crippen LogP contribution in [0.15, 0.2) is 0 Å². The molecule has 0 radical (unpaired) electrons. The zero-order valence-electron chi connectivity index (χ0n) is 7.23. The molecule has 0 saturated heterocycles. The Morgan fingerprint density at radius 2 is 2.27 bits per heavy atom. The van der Waals surface area contributed by atoms with Gasteiger partial charge in [-0.3, -0.25) is 4.79 Å². The van der Waals surface area contributed by atoms with Crippen molar-refractivity contribution in [1.29, 1.82) is 0 Å². The second-order valence-electron chi connectivity index (χ2n) is 4.52. The van der Waals surface area contributed by atoms with Crippen molar-refractivity contribution in [3.05, 3.63) is 0 Å². The Labute approximate surface area is 68.2 Å². The normalized spacial score (nSPS) is 44.1. The molecular weight excluding hydrogens is 136 g/mol. The largest absolute Gasteiger partial charge is 0.300 e. The van der Waals surface area contributed by atoms with E-state index in [4.69, 9.17) is 0 Å². The molecule has 0 aromatic heterocycles. The maximum atomic E-state index is 11.2. The second kappa shape index (κ2) is 2.33. The average molecular weight is 152 g/mol. The summed E-state index contributed by atoms with van der Waals surface area (Å²) >= 11 is 0. The van der Waals surface area contributed by atoms with E-state index in [1.165, 1.54) is 25.7 Å². The van der Waals surface area contributed by atoms with E-state index >= 15 is 0 Å². The summed E-state index contributed by atoms with van der Waals surface area (Å²) in [5.74, 6) is 1.25. The number of rotatable bonds is 0. The molecule has 2 atom stereocenters. The predicted octanol–water partition coefficient (Wildman–Crippen LogP) is 2.55. The topological polar surface area (TPSA) is 17.1 Å². The van der Waals surface area contributed by atoms with Crippen molar-refractivity contribution >= 4 is 5.78 Å². The molecule has 0 heterocycles. The maximum Gasteiger partial charge on any atom is 0.133 e. The van der Waals surface area contributed by atoms with Crippen LogP contribution in [0.3, 0.4) is 0 Å². The minimum absolute atomic E-state index is 0.412. The van der Waals surface area contributed by atoms with Crippen LogP contribution < -0.4 is 0 Å². The number of ketones is 1. The molecule has 0 spiro atoms. The summed E-state index contributed by atoms with van der Waals surface area (Å²) in [4.78, 5) is 11.2. The van der Waals surface area contributed by atoms with Crippen LogP contribution in [0.4, 0.5) is 0 Å². The summed E-state index contributed by atoms with van der Waals surface area (Å²) < 4.78 is 0. The minimum atomic E-state index is 0.412. The highest BCUT2D eigenvalue weighted by Gasteiger charge is 2.43. The first-order chi connectivity index (χ1) is 5.21. The lowest BCUT2D eigenvalue weighted by Crippen LogP contribution is -2.25. The number of Topliss-reactive ketones (excluding diaryl/α,β-unsaturated/α-hetero) is 1. The van der Waals surface area contributed by atoms with Gasteiger partial charge in [-0.1, -0.05) is 19.8 Å². The Morgan fingerprint density at radius 3 is 3.00 bits per heavy atom. The summed E-state index contributed by atoms with van der Waals surface area (Å²) in [6.07, 6.45) is 7.06. The number of carbonyl (C=O) groups excluding carboxylic acids is 1. The van der Waals surface area contributed by atoms with Crippen molar-refractivity contribution in [1.82, 2.24) is 0 Å². The van der Waals surface area contributed by atoms with Gasteiger partial charge in [-0.15, -0.1) is 0 Å². The molecule has 62 valence electrons. The van der Waals surface area contributed by atoms with Gasteiger partial charge in [0.25, 0.3) is 0 Å². The van der Waals surface area contributed by atoms with Gasteiger partial charge in [0.1, 0.15) is 5.78 Å². The molecule has 11 heavy (non-hydrogen) atoms. The molecule has 0 unspecified atom stereocenters. The van der Waals surface area contributed by atoms with Crippen LogP contribution in [0.1, 0.15) is 45.4 Å². The van der Waals surface area contributed by atoms with Crippen LogP contribution in [0.5, 0.6) is 0 Å². The van der Waals surface area contributed by atoms with Gasteiger partial charge in [0.15, 0.2) is 0 Å². The summed E-state index contributed by atoms with van der Waals surface area (Å²) in [6, 6.07) is 0. The van der Waals surface area contributed by atoms with Gasteiger partial charge in [-0.2, -0.15) is 0 Å². The molecule has 0 amide bonds. The maximum absolute atomic E-state index is 11.2. The first-order valence-corrected chi connectivity index (χ1v) is 4.72. The first kappa shape index (κ1) is 7.33. The second-order valence-corrected chi connectivity index (χ2v) is 4.52. The third-order valence-corrected chi connectivity index (χ3v) is 3.61. The van der Waals surface area contributed by atoms with Gasteiger partial charge in [0.05, 0.1) is 0 Å². The molecule has 1 heteroatoms. The number of fused-ring (bicyclic) bond motifs is 1. The lowest BCUT2D eigenvalue weighted by molar-refractivity contribution is -0.118. The standard InChI is InChI=1S/C10H16O/c1-10-5-3-2-4-8(10)6-9(11)7-10/h8H,2-7H2,1H3/t8-,10-/m1/s1. The van der Waals surface area contributed by atoms with Gasteiger partial charge < -0.3 is 0 Å². The van der Waals surface area contributed by atoms with Crippen molar-refractivity contribution in [2.45, 2.75) is 45.4 Å². The molecule has 2 fully saturated rings. The highest BCUT2D eigenvalue weighted by Crippen LogP contribution is 2.50. The smallest absolute Gasteiger partial charge is 0.133 e. The molecular formula is C10H16O. The number of carbonyl (C=O) groups is 1. The van der Waals surface area contributed by atoms with Crippen molar-refractivity contribution < 1.29 is 4.79 Å². The SMILES string of the molecule is C[C@]12CCCC[C@@H]1CC(=O)C2. The van der Waals surface area contributed by atoms with Crippen LogP contribution in [-0.4, -0.2) is 5.78 Å². The molecule has 2 rings (SSSR count). The monoisotopic (exact) mass is 152 g/mol. The zero-order valence-corrected chi connectivity index (χ0v) is 7.23. The van der Waals surface area contributed by atoms with Gasteiger partial charge >= 0.3 is 0 Å². The van der Waals surface area contributed by atoms with Gasteiger partial charge in [0.2, 0.25) is 0 Å². The van der Waals surface area contributed by atoms with Crippen molar-refractivity contribution in [3.63, 3.8) is 0 Å². The van der Waals surface area contributed by atoms with Gasteiger partial charge in [0, 0.05) is 12.8 Å². The van der Waals surface area contributed by atoms with Crippen LogP contribution in [0.25, 0.3) is 0 Å². The Kier molecular flexibility index (Phi) is 1.55. The third-order valence-electron chi connectivity index (χ3n) is 3.61. The minimum Gasteiger partial charge on any atom is -0.300 e. The summed E-state index contributed by atoms with van der Waals surface area (Å²) in [7, 11) is 0. The quantitative estimate of drug-likeness (QED) is 0.521. The molecule has 0 aromatic rings. The van der Waals surface area contributed by atoms with E-state index in [0.717, 1.165) is 18.8 Å². The summed E-state index contributed by atoms with van der Waals surface area (Å²) in [5, 5.41) is 0. The Hall–Kier alpha value is -0.330. The van der Waals surface area contributed by atoms with E-state index in [2.05, 4.69) is 6.92 Å². The van der Waals surface area contributed by atoms with E-state index < -0.39 is 0 Å². The van der Waals surface area contributed by atoms with Crippen LogP contribution in [0.2, 0.25) is 0 Å².